The zero-order chi connectivity index (χ0) is 15.7. The summed E-state index contributed by atoms with van der Waals surface area (Å²) >= 11 is 0. The van der Waals surface area contributed by atoms with Gasteiger partial charge in [-0.3, -0.25) is 14.9 Å². The number of aromatic nitrogens is 1. The minimum absolute atomic E-state index is 0.0187. The normalized spacial score (nSPS) is 13.6. The summed E-state index contributed by atoms with van der Waals surface area (Å²) in [6, 6.07) is 11.8. The summed E-state index contributed by atoms with van der Waals surface area (Å²) < 4.78 is 1.72. The SMILES string of the molecule is N#CCc1ccc(-c2ccc([N+](=O)[O-])cc2)n(C2CC2)c1=O. The summed E-state index contributed by atoms with van der Waals surface area (Å²) in [5.74, 6) is 0. The fraction of sp³-hybridized carbons (Fsp3) is 0.250. The maximum atomic E-state index is 12.5. The van der Waals surface area contributed by atoms with Crippen LogP contribution in [0.5, 0.6) is 0 Å². The number of hydrogen-bond donors (Lipinski definition) is 0. The van der Waals surface area contributed by atoms with Crippen molar-refractivity contribution in [3.63, 3.8) is 0 Å². The summed E-state index contributed by atoms with van der Waals surface area (Å²) in [6.07, 6.45) is 1.97. The van der Waals surface area contributed by atoms with Gasteiger partial charge in [0.2, 0.25) is 0 Å². The summed E-state index contributed by atoms with van der Waals surface area (Å²) in [4.78, 5) is 22.8. The second-order valence-electron chi connectivity index (χ2n) is 5.29. The molecule has 6 nitrogen and oxygen atoms in total. The summed E-state index contributed by atoms with van der Waals surface area (Å²) in [7, 11) is 0. The van der Waals surface area contributed by atoms with Gasteiger partial charge in [-0.1, -0.05) is 6.07 Å². The van der Waals surface area contributed by atoms with Gasteiger partial charge in [0.15, 0.2) is 0 Å². The van der Waals surface area contributed by atoms with Crippen molar-refractivity contribution in [2.75, 3.05) is 0 Å². The van der Waals surface area contributed by atoms with Crippen LogP contribution in [0.3, 0.4) is 0 Å². The molecular formula is C16H13N3O3. The molecule has 1 aromatic carbocycles. The molecule has 6 heteroatoms. The average Bonchev–Trinajstić information content (AvgIpc) is 3.34. The third-order valence-electron chi connectivity index (χ3n) is 3.75. The maximum Gasteiger partial charge on any atom is 0.269 e. The van der Waals surface area contributed by atoms with Crippen LogP contribution in [0.1, 0.15) is 24.4 Å². The average molecular weight is 295 g/mol. The number of pyridine rings is 1. The van der Waals surface area contributed by atoms with Crippen LogP contribution in [0.2, 0.25) is 0 Å². The lowest BCUT2D eigenvalue weighted by Gasteiger charge is -2.13. The molecule has 2 aromatic rings. The van der Waals surface area contributed by atoms with E-state index in [1.165, 1.54) is 12.1 Å². The molecule has 1 saturated carbocycles. The second-order valence-corrected chi connectivity index (χ2v) is 5.29. The predicted molar refractivity (Wildman–Crippen MR) is 80.4 cm³/mol. The van der Waals surface area contributed by atoms with Crippen molar-refractivity contribution in [3.8, 4) is 17.3 Å². The molecule has 0 radical (unpaired) electrons. The highest BCUT2D eigenvalue weighted by Crippen LogP contribution is 2.37. The quantitative estimate of drug-likeness (QED) is 0.640. The Kier molecular flexibility index (Phi) is 3.47. The minimum atomic E-state index is -0.451. The zero-order valence-corrected chi connectivity index (χ0v) is 11.7. The molecule has 1 aliphatic carbocycles. The van der Waals surface area contributed by atoms with Gasteiger partial charge in [0.05, 0.1) is 23.1 Å². The Morgan fingerprint density at radius 1 is 1.23 bits per heavy atom. The first kappa shape index (κ1) is 14.0. The van der Waals surface area contributed by atoms with Crippen LogP contribution in [0, 0.1) is 21.4 Å². The van der Waals surface area contributed by atoms with E-state index in [9.17, 15) is 14.9 Å². The second kappa shape index (κ2) is 5.45. The number of nitro groups is 1. The van der Waals surface area contributed by atoms with E-state index >= 15 is 0 Å². The Hall–Kier alpha value is -2.94. The van der Waals surface area contributed by atoms with E-state index in [0.29, 0.717) is 5.56 Å². The first-order valence-corrected chi connectivity index (χ1v) is 6.98. The van der Waals surface area contributed by atoms with Crippen molar-refractivity contribution in [1.82, 2.24) is 4.57 Å². The molecule has 1 fully saturated rings. The predicted octanol–water partition coefficient (Wildman–Crippen LogP) is 2.82. The molecule has 1 heterocycles. The van der Waals surface area contributed by atoms with Gasteiger partial charge in [-0.2, -0.15) is 5.26 Å². The number of rotatable bonds is 4. The molecule has 0 N–H and O–H groups in total. The van der Waals surface area contributed by atoms with Gasteiger partial charge >= 0.3 is 0 Å². The van der Waals surface area contributed by atoms with Crippen LogP contribution in [0.25, 0.3) is 11.3 Å². The topological polar surface area (TPSA) is 88.9 Å². The fourth-order valence-electron chi connectivity index (χ4n) is 2.50. The monoisotopic (exact) mass is 295 g/mol. The lowest BCUT2D eigenvalue weighted by atomic mass is 10.1. The molecule has 0 atom stereocenters. The molecule has 0 aliphatic heterocycles. The van der Waals surface area contributed by atoms with Crippen molar-refractivity contribution >= 4 is 5.69 Å². The number of nitriles is 1. The Bertz CT molecular complexity index is 827. The molecule has 0 amide bonds. The molecule has 110 valence electrons. The molecule has 0 bridgehead atoms. The number of hydrogen-bond acceptors (Lipinski definition) is 4. The molecule has 0 spiro atoms. The molecule has 1 aliphatic rings. The highest BCUT2D eigenvalue weighted by atomic mass is 16.6. The van der Waals surface area contributed by atoms with E-state index < -0.39 is 4.92 Å². The lowest BCUT2D eigenvalue weighted by Crippen LogP contribution is -2.24. The van der Waals surface area contributed by atoms with Gasteiger partial charge in [-0.05, 0) is 36.6 Å². The smallest absolute Gasteiger partial charge is 0.269 e. The third-order valence-corrected chi connectivity index (χ3v) is 3.75. The number of non-ortho nitro benzene ring substituents is 1. The van der Waals surface area contributed by atoms with E-state index in [2.05, 4.69) is 0 Å². The lowest BCUT2D eigenvalue weighted by molar-refractivity contribution is -0.384. The van der Waals surface area contributed by atoms with E-state index in [-0.39, 0.29) is 23.7 Å². The molecule has 3 rings (SSSR count). The molecule has 22 heavy (non-hydrogen) atoms. The van der Waals surface area contributed by atoms with E-state index in [4.69, 9.17) is 5.26 Å². The molecule has 0 unspecified atom stereocenters. The van der Waals surface area contributed by atoms with Gasteiger partial charge in [0.25, 0.3) is 11.2 Å². The summed E-state index contributed by atoms with van der Waals surface area (Å²) in [6.45, 7) is 0. The van der Waals surface area contributed by atoms with Gasteiger partial charge in [0, 0.05) is 23.7 Å². The molecular weight excluding hydrogens is 282 g/mol. The third kappa shape index (κ3) is 2.49. The number of nitro benzene ring substituents is 1. The van der Waals surface area contributed by atoms with E-state index in [1.807, 2.05) is 12.1 Å². The number of nitrogens with zero attached hydrogens (tertiary/aromatic N) is 3. The van der Waals surface area contributed by atoms with E-state index in [0.717, 1.165) is 24.1 Å². The van der Waals surface area contributed by atoms with Crippen LogP contribution < -0.4 is 5.56 Å². The first-order chi connectivity index (χ1) is 10.6. The number of benzene rings is 1. The van der Waals surface area contributed by atoms with Gasteiger partial charge in [-0.15, -0.1) is 0 Å². The standard InChI is InChI=1S/C16H13N3O3/c17-10-9-12-3-8-15(18(16(12)20)13-6-7-13)11-1-4-14(5-2-11)19(21)22/h1-5,8,13H,6-7,9H2. The Morgan fingerprint density at radius 3 is 2.45 bits per heavy atom. The zero-order valence-electron chi connectivity index (χ0n) is 11.7. The van der Waals surface area contributed by atoms with Crippen LogP contribution in [-0.2, 0) is 6.42 Å². The van der Waals surface area contributed by atoms with Crippen LogP contribution >= 0.6 is 0 Å². The molecule has 1 aromatic heterocycles. The van der Waals surface area contributed by atoms with Gasteiger partial charge in [0.1, 0.15) is 0 Å². The molecule has 0 saturated heterocycles. The summed E-state index contributed by atoms with van der Waals surface area (Å²) in [5, 5.41) is 19.5. The van der Waals surface area contributed by atoms with Crippen LogP contribution in [-0.4, -0.2) is 9.49 Å². The Balaban J connectivity index is 2.10. The maximum absolute atomic E-state index is 12.5. The largest absolute Gasteiger partial charge is 0.305 e. The van der Waals surface area contributed by atoms with Gasteiger partial charge < -0.3 is 4.57 Å². The first-order valence-electron chi connectivity index (χ1n) is 6.98. The fourth-order valence-corrected chi connectivity index (χ4v) is 2.50. The van der Waals surface area contributed by atoms with Crippen molar-refractivity contribution in [2.45, 2.75) is 25.3 Å². The highest BCUT2D eigenvalue weighted by Gasteiger charge is 2.28. The van der Waals surface area contributed by atoms with Crippen molar-refractivity contribution in [1.29, 1.82) is 5.26 Å². The summed E-state index contributed by atoms with van der Waals surface area (Å²) in [5.41, 5.74) is 1.87. The highest BCUT2D eigenvalue weighted by molar-refractivity contribution is 5.62. The Labute approximate surface area is 126 Å². The van der Waals surface area contributed by atoms with Crippen molar-refractivity contribution < 1.29 is 4.92 Å². The minimum Gasteiger partial charge on any atom is -0.305 e. The van der Waals surface area contributed by atoms with Crippen LogP contribution in [0.15, 0.2) is 41.2 Å². The van der Waals surface area contributed by atoms with Crippen LogP contribution in [0.4, 0.5) is 5.69 Å². The van der Waals surface area contributed by atoms with Gasteiger partial charge in [-0.25, -0.2) is 0 Å². The van der Waals surface area contributed by atoms with Crippen molar-refractivity contribution in [3.05, 3.63) is 62.4 Å². The van der Waals surface area contributed by atoms with E-state index in [1.54, 1.807) is 22.8 Å². The van der Waals surface area contributed by atoms with Crippen molar-refractivity contribution in [2.24, 2.45) is 0 Å². The Morgan fingerprint density at radius 2 is 1.91 bits per heavy atom.